The molecule has 0 atom stereocenters. The lowest BCUT2D eigenvalue weighted by Gasteiger charge is -2.08. The number of rotatable bonds is 6. The SMILES string of the molecule is Cc1nnc(COC(=O)/C(=C/c2ccco2)n2nnnc2-c2ccccc2)o1. The molecule has 0 amide bonds. The highest BCUT2D eigenvalue weighted by atomic mass is 16.5. The third kappa shape index (κ3) is 3.70. The van der Waals surface area contributed by atoms with Crippen molar-refractivity contribution in [2.24, 2.45) is 0 Å². The summed E-state index contributed by atoms with van der Waals surface area (Å²) in [7, 11) is 0. The van der Waals surface area contributed by atoms with Gasteiger partial charge >= 0.3 is 5.97 Å². The van der Waals surface area contributed by atoms with Crippen molar-refractivity contribution < 1.29 is 18.4 Å². The molecule has 140 valence electrons. The van der Waals surface area contributed by atoms with Crippen LogP contribution in [0.2, 0.25) is 0 Å². The van der Waals surface area contributed by atoms with Gasteiger partial charge in [-0.2, -0.15) is 4.68 Å². The molecule has 0 aliphatic carbocycles. The third-order valence-electron chi connectivity index (χ3n) is 3.66. The summed E-state index contributed by atoms with van der Waals surface area (Å²) >= 11 is 0. The van der Waals surface area contributed by atoms with Gasteiger partial charge in [-0.15, -0.1) is 15.3 Å². The number of hydrogen-bond donors (Lipinski definition) is 0. The molecular formula is C18H14N6O4. The molecule has 0 saturated carbocycles. The molecule has 0 radical (unpaired) electrons. The first-order chi connectivity index (χ1) is 13.7. The predicted molar refractivity (Wildman–Crippen MR) is 95.0 cm³/mol. The average molecular weight is 378 g/mol. The summed E-state index contributed by atoms with van der Waals surface area (Å²) in [6, 6.07) is 12.6. The quantitative estimate of drug-likeness (QED) is 0.367. The predicted octanol–water partition coefficient (Wildman–Crippen LogP) is 2.37. The van der Waals surface area contributed by atoms with Crippen LogP contribution < -0.4 is 0 Å². The third-order valence-corrected chi connectivity index (χ3v) is 3.66. The Morgan fingerprint density at radius 3 is 2.71 bits per heavy atom. The second-order valence-electron chi connectivity index (χ2n) is 5.62. The summed E-state index contributed by atoms with van der Waals surface area (Å²) < 4.78 is 17.1. The minimum absolute atomic E-state index is 0.0649. The Bertz CT molecular complexity index is 1100. The molecule has 0 bridgehead atoms. The van der Waals surface area contributed by atoms with Crippen molar-refractivity contribution in [2.75, 3.05) is 0 Å². The van der Waals surface area contributed by atoms with E-state index >= 15 is 0 Å². The first-order valence-electron chi connectivity index (χ1n) is 8.26. The zero-order valence-corrected chi connectivity index (χ0v) is 14.7. The van der Waals surface area contributed by atoms with Crippen molar-refractivity contribution in [1.82, 2.24) is 30.4 Å². The Morgan fingerprint density at radius 1 is 1.14 bits per heavy atom. The van der Waals surface area contributed by atoms with E-state index in [-0.39, 0.29) is 18.2 Å². The number of carbonyl (C=O) groups excluding carboxylic acids is 1. The Labute approximate surface area is 158 Å². The Kier molecular flexibility index (Phi) is 4.74. The van der Waals surface area contributed by atoms with Gasteiger partial charge < -0.3 is 13.6 Å². The van der Waals surface area contributed by atoms with Gasteiger partial charge in [0.2, 0.25) is 5.89 Å². The standard InChI is InChI=1S/C18H14N6O4/c1-12-19-20-16(28-12)11-27-18(25)15(10-14-8-5-9-26-14)24-17(21-22-23-24)13-6-3-2-4-7-13/h2-10H,11H2,1H3/b15-10-. The molecule has 0 N–H and O–H groups in total. The largest absolute Gasteiger partial charge is 0.465 e. The molecule has 28 heavy (non-hydrogen) atoms. The van der Waals surface area contributed by atoms with Gasteiger partial charge in [0.1, 0.15) is 5.76 Å². The highest BCUT2D eigenvalue weighted by Gasteiger charge is 2.22. The van der Waals surface area contributed by atoms with Crippen LogP contribution >= 0.6 is 0 Å². The fraction of sp³-hybridized carbons (Fsp3) is 0.111. The fourth-order valence-corrected chi connectivity index (χ4v) is 2.43. The molecule has 4 aromatic rings. The van der Waals surface area contributed by atoms with Crippen molar-refractivity contribution in [3.63, 3.8) is 0 Å². The summed E-state index contributed by atoms with van der Waals surface area (Å²) in [4.78, 5) is 12.8. The molecular weight excluding hydrogens is 364 g/mol. The number of nitrogens with zero attached hydrogens (tertiary/aromatic N) is 6. The maximum Gasteiger partial charge on any atom is 0.357 e. The van der Waals surface area contributed by atoms with Crippen LogP contribution in [-0.4, -0.2) is 36.4 Å². The molecule has 3 heterocycles. The molecule has 0 saturated heterocycles. The van der Waals surface area contributed by atoms with Crippen LogP contribution in [0.25, 0.3) is 23.2 Å². The van der Waals surface area contributed by atoms with Crippen LogP contribution in [0.3, 0.4) is 0 Å². The van der Waals surface area contributed by atoms with E-state index in [9.17, 15) is 4.79 Å². The second kappa shape index (κ2) is 7.66. The van der Waals surface area contributed by atoms with Gasteiger partial charge in [0, 0.05) is 18.6 Å². The minimum atomic E-state index is -0.684. The Morgan fingerprint density at radius 2 is 2.00 bits per heavy atom. The summed E-state index contributed by atoms with van der Waals surface area (Å²) in [5.41, 5.74) is 0.799. The van der Waals surface area contributed by atoms with Gasteiger partial charge in [-0.05, 0) is 22.6 Å². The van der Waals surface area contributed by atoms with Gasteiger partial charge in [-0.3, -0.25) is 0 Å². The van der Waals surface area contributed by atoms with Gasteiger partial charge in [0.25, 0.3) is 5.89 Å². The van der Waals surface area contributed by atoms with Crippen LogP contribution in [0.5, 0.6) is 0 Å². The minimum Gasteiger partial charge on any atom is -0.465 e. The van der Waals surface area contributed by atoms with Crippen LogP contribution in [-0.2, 0) is 16.1 Å². The lowest BCUT2D eigenvalue weighted by molar-refractivity contribution is -0.139. The average Bonchev–Trinajstić information content (AvgIpc) is 3.47. The van der Waals surface area contributed by atoms with Crippen molar-refractivity contribution in [1.29, 1.82) is 0 Å². The topological polar surface area (TPSA) is 122 Å². The normalized spacial score (nSPS) is 11.5. The fourth-order valence-electron chi connectivity index (χ4n) is 2.43. The number of hydrogen-bond acceptors (Lipinski definition) is 9. The number of aryl methyl sites for hydroxylation is 1. The molecule has 10 heteroatoms. The summed E-state index contributed by atoms with van der Waals surface area (Å²) in [6.45, 7) is 1.46. The monoisotopic (exact) mass is 378 g/mol. The summed E-state index contributed by atoms with van der Waals surface area (Å²) in [5, 5.41) is 19.2. The lowest BCUT2D eigenvalue weighted by Crippen LogP contribution is -2.15. The smallest absolute Gasteiger partial charge is 0.357 e. The van der Waals surface area contributed by atoms with E-state index in [0.717, 1.165) is 5.56 Å². The molecule has 10 nitrogen and oxygen atoms in total. The number of ether oxygens (including phenoxy) is 1. The second-order valence-corrected chi connectivity index (χ2v) is 5.62. The molecule has 0 spiro atoms. The lowest BCUT2D eigenvalue weighted by atomic mass is 10.2. The summed E-state index contributed by atoms with van der Waals surface area (Å²) in [5.74, 6) is 0.697. The number of esters is 1. The van der Waals surface area contributed by atoms with E-state index < -0.39 is 5.97 Å². The Balaban J connectivity index is 1.67. The maximum absolute atomic E-state index is 12.8. The first kappa shape index (κ1) is 17.3. The summed E-state index contributed by atoms with van der Waals surface area (Å²) in [6.07, 6.45) is 2.98. The first-order valence-corrected chi connectivity index (χ1v) is 8.26. The van der Waals surface area contributed by atoms with E-state index in [1.54, 1.807) is 19.1 Å². The maximum atomic E-state index is 12.8. The number of benzene rings is 1. The van der Waals surface area contributed by atoms with E-state index in [1.807, 2.05) is 30.3 Å². The molecule has 0 aliphatic heterocycles. The van der Waals surface area contributed by atoms with Gasteiger partial charge in [-0.1, -0.05) is 30.3 Å². The van der Waals surface area contributed by atoms with Crippen LogP contribution in [0.15, 0.2) is 57.6 Å². The van der Waals surface area contributed by atoms with Crippen molar-refractivity contribution in [2.45, 2.75) is 13.5 Å². The van der Waals surface area contributed by atoms with Crippen LogP contribution in [0, 0.1) is 6.92 Å². The number of carbonyl (C=O) groups is 1. The van der Waals surface area contributed by atoms with Crippen molar-refractivity contribution in [3.05, 3.63) is 66.3 Å². The van der Waals surface area contributed by atoms with Crippen molar-refractivity contribution >= 4 is 17.7 Å². The van der Waals surface area contributed by atoms with Gasteiger partial charge in [0.15, 0.2) is 18.1 Å². The number of tetrazole rings is 1. The highest BCUT2D eigenvalue weighted by molar-refractivity contribution is 6.15. The number of furan rings is 1. The molecule has 0 fully saturated rings. The van der Waals surface area contributed by atoms with E-state index in [4.69, 9.17) is 13.6 Å². The molecule has 1 aromatic carbocycles. The van der Waals surface area contributed by atoms with E-state index in [1.165, 1.54) is 17.0 Å². The molecule has 0 aliphatic rings. The van der Waals surface area contributed by atoms with Crippen LogP contribution in [0.1, 0.15) is 17.5 Å². The molecule has 4 rings (SSSR count). The van der Waals surface area contributed by atoms with Gasteiger partial charge in [-0.25, -0.2) is 4.79 Å². The van der Waals surface area contributed by atoms with E-state index in [0.29, 0.717) is 17.5 Å². The zero-order chi connectivity index (χ0) is 19.3. The molecule has 3 aromatic heterocycles. The zero-order valence-electron chi connectivity index (χ0n) is 14.7. The van der Waals surface area contributed by atoms with Gasteiger partial charge in [0.05, 0.1) is 6.26 Å². The number of aromatic nitrogens is 6. The molecule has 0 unspecified atom stereocenters. The Hall–Kier alpha value is -4.08. The van der Waals surface area contributed by atoms with E-state index in [2.05, 4.69) is 25.7 Å². The van der Waals surface area contributed by atoms with Crippen LogP contribution in [0.4, 0.5) is 0 Å². The van der Waals surface area contributed by atoms with Crippen molar-refractivity contribution in [3.8, 4) is 11.4 Å². The highest BCUT2D eigenvalue weighted by Crippen LogP contribution is 2.21.